The first-order chi connectivity index (χ1) is 14.4. The molecule has 1 aliphatic heterocycles. The Morgan fingerprint density at radius 3 is 2.47 bits per heavy atom. The van der Waals surface area contributed by atoms with Crippen LogP contribution < -0.4 is 10.1 Å². The SMILES string of the molecule is COc1ccc(S(=O)(=O)N2CCCCCC2)cc1C(=O)N[C@@H](C)[C@H]1C[C@@H]2CC[C@@H]1C2. The fourth-order valence-electron chi connectivity index (χ4n) is 5.75. The van der Waals surface area contributed by atoms with E-state index in [-0.39, 0.29) is 16.8 Å². The van der Waals surface area contributed by atoms with Crippen molar-refractivity contribution in [1.82, 2.24) is 9.62 Å². The topological polar surface area (TPSA) is 75.7 Å². The van der Waals surface area contributed by atoms with Crippen LogP contribution in [0.5, 0.6) is 5.75 Å². The highest BCUT2D eigenvalue weighted by Gasteiger charge is 2.42. The highest BCUT2D eigenvalue weighted by molar-refractivity contribution is 7.89. The van der Waals surface area contributed by atoms with Gasteiger partial charge in [-0.25, -0.2) is 8.42 Å². The molecule has 7 heteroatoms. The molecule has 0 spiro atoms. The number of benzene rings is 1. The number of rotatable bonds is 6. The zero-order valence-electron chi connectivity index (χ0n) is 18.1. The van der Waals surface area contributed by atoms with Gasteiger partial charge in [0.1, 0.15) is 5.75 Å². The van der Waals surface area contributed by atoms with Gasteiger partial charge in [0.05, 0.1) is 17.6 Å². The van der Waals surface area contributed by atoms with E-state index in [9.17, 15) is 13.2 Å². The lowest BCUT2D eigenvalue weighted by Gasteiger charge is -2.28. The van der Waals surface area contributed by atoms with Crippen molar-refractivity contribution in [2.45, 2.75) is 69.2 Å². The van der Waals surface area contributed by atoms with Crippen molar-refractivity contribution >= 4 is 15.9 Å². The maximum atomic E-state index is 13.2. The molecule has 166 valence electrons. The maximum absolute atomic E-state index is 13.2. The number of hydrogen-bond acceptors (Lipinski definition) is 4. The van der Waals surface area contributed by atoms with Gasteiger partial charge in [-0.05, 0) is 75.0 Å². The lowest BCUT2D eigenvalue weighted by atomic mass is 9.84. The third kappa shape index (κ3) is 4.24. The second-order valence-corrected chi connectivity index (χ2v) is 11.2. The smallest absolute Gasteiger partial charge is 0.255 e. The van der Waals surface area contributed by atoms with E-state index in [1.165, 1.54) is 38.9 Å². The molecule has 2 aliphatic carbocycles. The largest absolute Gasteiger partial charge is 0.496 e. The zero-order chi connectivity index (χ0) is 21.3. The molecule has 1 heterocycles. The average Bonchev–Trinajstić information content (AvgIpc) is 3.27. The van der Waals surface area contributed by atoms with Gasteiger partial charge in [0.25, 0.3) is 5.91 Å². The summed E-state index contributed by atoms with van der Waals surface area (Å²) in [5.41, 5.74) is 0.295. The number of methoxy groups -OCH3 is 1. The number of ether oxygens (including phenoxy) is 1. The summed E-state index contributed by atoms with van der Waals surface area (Å²) >= 11 is 0. The van der Waals surface area contributed by atoms with Crippen LogP contribution in [-0.2, 0) is 10.0 Å². The van der Waals surface area contributed by atoms with Crippen molar-refractivity contribution in [3.8, 4) is 5.75 Å². The number of nitrogens with one attached hydrogen (secondary N) is 1. The van der Waals surface area contributed by atoms with Crippen molar-refractivity contribution in [3.05, 3.63) is 23.8 Å². The predicted octanol–water partition coefficient (Wildman–Crippen LogP) is 3.81. The molecule has 1 amide bonds. The molecule has 0 radical (unpaired) electrons. The Hall–Kier alpha value is -1.60. The fraction of sp³-hybridized carbons (Fsp3) is 0.696. The molecular weight excluding hydrogens is 400 g/mol. The number of sulfonamides is 1. The standard InChI is InChI=1S/C23H34N2O4S/c1-16(20-14-17-7-8-18(20)13-17)24-23(26)21-15-19(9-10-22(21)29-2)30(27,28)25-11-5-3-4-6-12-25/h9-10,15-18,20H,3-8,11-14H2,1-2H3,(H,24,26)/t16-,17+,18+,20+/m0/s1. The molecule has 1 N–H and O–H groups in total. The minimum atomic E-state index is -3.62. The number of carbonyl (C=O) groups excluding carboxylic acids is 1. The number of nitrogens with zero attached hydrogens (tertiary/aromatic N) is 1. The molecule has 2 bridgehead atoms. The van der Waals surface area contributed by atoms with Gasteiger partial charge in [0, 0.05) is 19.1 Å². The van der Waals surface area contributed by atoms with Gasteiger partial charge in [0.15, 0.2) is 0 Å². The predicted molar refractivity (Wildman–Crippen MR) is 116 cm³/mol. The third-order valence-electron chi connectivity index (χ3n) is 7.41. The summed E-state index contributed by atoms with van der Waals surface area (Å²) in [4.78, 5) is 13.3. The van der Waals surface area contributed by atoms with E-state index in [0.717, 1.165) is 31.6 Å². The van der Waals surface area contributed by atoms with E-state index in [4.69, 9.17) is 4.74 Å². The van der Waals surface area contributed by atoms with Crippen LogP contribution in [0.25, 0.3) is 0 Å². The van der Waals surface area contributed by atoms with Crippen LogP contribution >= 0.6 is 0 Å². The molecule has 0 unspecified atom stereocenters. The summed E-state index contributed by atoms with van der Waals surface area (Å²) in [5.74, 6) is 2.19. The molecule has 1 saturated heterocycles. The monoisotopic (exact) mass is 434 g/mol. The van der Waals surface area contributed by atoms with E-state index in [2.05, 4.69) is 12.2 Å². The summed E-state index contributed by atoms with van der Waals surface area (Å²) in [6, 6.07) is 4.71. The first-order valence-corrected chi connectivity index (χ1v) is 12.8. The Kier molecular flexibility index (Phi) is 6.39. The Morgan fingerprint density at radius 2 is 1.87 bits per heavy atom. The third-order valence-corrected chi connectivity index (χ3v) is 9.31. The van der Waals surface area contributed by atoms with Gasteiger partial charge in [-0.15, -0.1) is 0 Å². The van der Waals surface area contributed by atoms with Crippen molar-refractivity contribution in [2.75, 3.05) is 20.2 Å². The van der Waals surface area contributed by atoms with E-state index in [0.29, 0.717) is 36.2 Å². The van der Waals surface area contributed by atoms with Crippen molar-refractivity contribution in [2.24, 2.45) is 17.8 Å². The fourth-order valence-corrected chi connectivity index (χ4v) is 7.30. The molecule has 4 atom stereocenters. The van der Waals surface area contributed by atoms with Crippen molar-refractivity contribution < 1.29 is 17.9 Å². The Balaban J connectivity index is 1.54. The Labute approximate surface area is 180 Å². The second kappa shape index (κ2) is 8.87. The average molecular weight is 435 g/mol. The summed E-state index contributed by atoms with van der Waals surface area (Å²) in [6.45, 7) is 3.15. The molecule has 4 rings (SSSR count). The molecule has 0 aromatic heterocycles. The van der Waals surface area contributed by atoms with Crippen LogP contribution in [0.2, 0.25) is 0 Å². The highest BCUT2D eigenvalue weighted by atomic mass is 32.2. The van der Waals surface area contributed by atoms with Gasteiger partial charge < -0.3 is 10.1 Å². The number of amides is 1. The lowest BCUT2D eigenvalue weighted by molar-refractivity contribution is 0.0912. The quantitative estimate of drug-likeness (QED) is 0.739. The van der Waals surface area contributed by atoms with Crippen LogP contribution in [0, 0.1) is 17.8 Å². The molecule has 1 aromatic carbocycles. The van der Waals surface area contributed by atoms with Crippen LogP contribution in [0.1, 0.15) is 68.6 Å². The zero-order valence-corrected chi connectivity index (χ0v) is 18.9. The van der Waals surface area contributed by atoms with Gasteiger partial charge in [-0.1, -0.05) is 19.3 Å². The normalized spacial score (nSPS) is 28.1. The molecule has 6 nitrogen and oxygen atoms in total. The lowest BCUT2D eigenvalue weighted by Crippen LogP contribution is -2.40. The maximum Gasteiger partial charge on any atom is 0.255 e. The second-order valence-electron chi connectivity index (χ2n) is 9.28. The van der Waals surface area contributed by atoms with E-state index >= 15 is 0 Å². The molecule has 1 aromatic rings. The molecule has 3 aliphatic rings. The van der Waals surface area contributed by atoms with Gasteiger partial charge in [0.2, 0.25) is 10.0 Å². The Morgan fingerprint density at radius 1 is 1.13 bits per heavy atom. The number of carbonyl (C=O) groups is 1. The van der Waals surface area contributed by atoms with Crippen LogP contribution in [-0.4, -0.2) is 44.9 Å². The summed E-state index contributed by atoms with van der Waals surface area (Å²) in [7, 11) is -2.11. The van der Waals surface area contributed by atoms with Gasteiger partial charge in [-0.2, -0.15) is 4.31 Å². The van der Waals surface area contributed by atoms with E-state index in [1.54, 1.807) is 16.4 Å². The van der Waals surface area contributed by atoms with E-state index in [1.807, 2.05) is 0 Å². The highest BCUT2D eigenvalue weighted by Crippen LogP contribution is 2.49. The van der Waals surface area contributed by atoms with E-state index < -0.39 is 10.0 Å². The molecule has 30 heavy (non-hydrogen) atoms. The minimum Gasteiger partial charge on any atom is -0.496 e. The number of hydrogen-bond donors (Lipinski definition) is 1. The molecule has 3 fully saturated rings. The van der Waals surface area contributed by atoms with Gasteiger partial charge in [-0.3, -0.25) is 4.79 Å². The Bertz CT molecular complexity index is 877. The summed E-state index contributed by atoms with van der Waals surface area (Å²) < 4.78 is 33.3. The summed E-state index contributed by atoms with van der Waals surface area (Å²) in [5, 5.41) is 3.14. The van der Waals surface area contributed by atoms with Crippen molar-refractivity contribution in [1.29, 1.82) is 0 Å². The van der Waals surface area contributed by atoms with Crippen molar-refractivity contribution in [3.63, 3.8) is 0 Å². The van der Waals surface area contributed by atoms with Gasteiger partial charge >= 0.3 is 0 Å². The molecule has 2 saturated carbocycles. The van der Waals surface area contributed by atoms with Crippen LogP contribution in [0.15, 0.2) is 23.1 Å². The first kappa shape index (κ1) is 21.6. The number of fused-ring (bicyclic) bond motifs is 2. The molecular formula is C23H34N2O4S. The van der Waals surface area contributed by atoms with Crippen LogP contribution in [0.3, 0.4) is 0 Å². The first-order valence-electron chi connectivity index (χ1n) is 11.4. The van der Waals surface area contributed by atoms with Crippen LogP contribution in [0.4, 0.5) is 0 Å². The minimum absolute atomic E-state index is 0.0726. The summed E-state index contributed by atoms with van der Waals surface area (Å²) in [6.07, 6.45) is 8.94.